The van der Waals surface area contributed by atoms with Crippen LogP contribution in [0.4, 0.5) is 22.0 Å². The molecule has 1 aromatic carbocycles. The smallest absolute Gasteiger partial charge is 0.406 e. The number of ether oxygens (including phenoxy) is 1. The van der Waals surface area contributed by atoms with E-state index in [1.807, 2.05) is 0 Å². The van der Waals surface area contributed by atoms with Crippen molar-refractivity contribution in [3.63, 3.8) is 0 Å². The first-order valence-corrected chi connectivity index (χ1v) is 10.2. The summed E-state index contributed by atoms with van der Waals surface area (Å²) in [6, 6.07) is 6.92. The summed E-state index contributed by atoms with van der Waals surface area (Å²) in [4.78, 5) is 29.7. The van der Waals surface area contributed by atoms with Gasteiger partial charge in [-0.25, -0.2) is 8.78 Å². The quantitative estimate of drug-likeness (QED) is 0.612. The fraction of sp³-hybridized carbons (Fsp3) is 0.304. The molecule has 2 heterocycles. The lowest BCUT2D eigenvalue weighted by atomic mass is 10.0. The van der Waals surface area contributed by atoms with Crippen LogP contribution in [0.2, 0.25) is 0 Å². The summed E-state index contributed by atoms with van der Waals surface area (Å²) in [6.45, 7) is 0.195. The number of allylic oxidation sites excluding steroid dienone is 1. The molecule has 1 aromatic heterocycles. The number of hydrogen-bond donors (Lipinski definition) is 1. The van der Waals surface area contributed by atoms with Gasteiger partial charge in [0, 0.05) is 29.9 Å². The number of rotatable bonds is 6. The fourth-order valence-electron chi connectivity index (χ4n) is 3.51. The maximum absolute atomic E-state index is 13.6. The van der Waals surface area contributed by atoms with Gasteiger partial charge < -0.3 is 15.0 Å². The van der Waals surface area contributed by atoms with E-state index in [9.17, 15) is 31.5 Å². The Bertz CT molecular complexity index is 1170. The van der Waals surface area contributed by atoms with Crippen LogP contribution in [0.1, 0.15) is 34.8 Å². The Morgan fingerprint density at radius 1 is 1.29 bits per heavy atom. The van der Waals surface area contributed by atoms with Crippen molar-refractivity contribution in [2.24, 2.45) is 0 Å². The normalized spacial score (nSPS) is 17.6. The maximum Gasteiger partial charge on any atom is 0.573 e. The predicted octanol–water partition coefficient (Wildman–Crippen LogP) is 4.03. The van der Waals surface area contributed by atoms with Crippen LogP contribution in [0.3, 0.4) is 0 Å². The van der Waals surface area contributed by atoms with Gasteiger partial charge in [0.25, 0.3) is 11.8 Å². The minimum Gasteiger partial charge on any atom is -0.406 e. The number of amides is 2. The molecule has 1 N–H and O–H groups in total. The molecule has 0 aliphatic carbocycles. The standard InChI is InChI=1S/C23H19F5N4O3/c1-14(15-2-4-18(5-3-15)35-23(26,27)28)8-16-11-30-7-6-19(16)21(34)31-12-20(33)32-13-22(24,25)9-17(32)10-29/h2-8,11,17H,9,12-13H2,1H3,(H,31,34)/b14-8+/t17-/m0/s1. The Hall–Kier alpha value is -4.01. The molecule has 1 aliphatic heterocycles. The van der Waals surface area contributed by atoms with Gasteiger partial charge in [-0.2, -0.15) is 5.26 Å². The minimum absolute atomic E-state index is 0.132. The monoisotopic (exact) mass is 494 g/mol. The van der Waals surface area contributed by atoms with Crippen molar-refractivity contribution in [2.75, 3.05) is 13.1 Å². The highest BCUT2D eigenvalue weighted by atomic mass is 19.4. The van der Waals surface area contributed by atoms with Gasteiger partial charge in [0.1, 0.15) is 11.8 Å². The van der Waals surface area contributed by atoms with Crippen LogP contribution in [0, 0.1) is 11.3 Å². The molecule has 7 nitrogen and oxygen atoms in total. The van der Waals surface area contributed by atoms with Gasteiger partial charge in [0.15, 0.2) is 0 Å². The average molecular weight is 494 g/mol. The number of nitrogens with one attached hydrogen (secondary N) is 1. The molecule has 184 valence electrons. The molecule has 3 rings (SSSR count). The number of alkyl halides is 5. The van der Waals surface area contributed by atoms with Crippen molar-refractivity contribution in [1.29, 1.82) is 5.26 Å². The van der Waals surface area contributed by atoms with Crippen molar-refractivity contribution in [3.05, 3.63) is 59.4 Å². The SMILES string of the molecule is C/C(=C\c1cnccc1C(=O)NCC(=O)N1CC(F)(F)C[C@H]1C#N)c1ccc(OC(F)(F)F)cc1. The maximum atomic E-state index is 13.6. The molecule has 0 spiro atoms. The Morgan fingerprint density at radius 2 is 1.97 bits per heavy atom. The van der Waals surface area contributed by atoms with E-state index in [1.54, 1.807) is 19.1 Å². The number of nitriles is 1. The van der Waals surface area contributed by atoms with E-state index in [2.05, 4.69) is 15.0 Å². The highest BCUT2D eigenvalue weighted by molar-refractivity contribution is 6.00. The van der Waals surface area contributed by atoms with E-state index in [0.29, 0.717) is 16.7 Å². The molecule has 0 radical (unpaired) electrons. The molecule has 1 fully saturated rings. The number of aromatic nitrogens is 1. The summed E-state index contributed by atoms with van der Waals surface area (Å²) in [5.41, 5.74) is 1.64. The lowest BCUT2D eigenvalue weighted by Gasteiger charge is -2.19. The zero-order chi connectivity index (χ0) is 25.8. The van der Waals surface area contributed by atoms with E-state index < -0.39 is 49.7 Å². The van der Waals surface area contributed by atoms with Gasteiger partial charge in [-0.15, -0.1) is 13.2 Å². The Kier molecular flexibility index (Phi) is 7.38. The van der Waals surface area contributed by atoms with Gasteiger partial charge in [0.05, 0.1) is 19.2 Å². The first-order chi connectivity index (χ1) is 16.4. The van der Waals surface area contributed by atoms with Gasteiger partial charge in [-0.1, -0.05) is 12.1 Å². The van der Waals surface area contributed by atoms with Gasteiger partial charge in [-0.3, -0.25) is 14.6 Å². The average Bonchev–Trinajstić information content (AvgIpc) is 3.11. The number of benzene rings is 1. The second kappa shape index (κ2) is 10.1. The summed E-state index contributed by atoms with van der Waals surface area (Å²) in [6.07, 6.45) is -1.26. The zero-order valence-corrected chi connectivity index (χ0v) is 18.3. The summed E-state index contributed by atoms with van der Waals surface area (Å²) < 4.78 is 68.0. The number of likely N-dealkylation sites (tertiary alicyclic amines) is 1. The van der Waals surface area contributed by atoms with Gasteiger partial charge in [-0.05, 0) is 42.3 Å². The van der Waals surface area contributed by atoms with Crippen molar-refractivity contribution in [2.45, 2.75) is 31.7 Å². The Morgan fingerprint density at radius 3 is 2.60 bits per heavy atom. The third kappa shape index (κ3) is 6.75. The molecule has 0 unspecified atom stereocenters. The molecule has 1 aliphatic rings. The molecule has 1 saturated heterocycles. The summed E-state index contributed by atoms with van der Waals surface area (Å²) in [5.74, 6) is -5.04. The van der Waals surface area contributed by atoms with Crippen molar-refractivity contribution in [3.8, 4) is 11.8 Å². The highest BCUT2D eigenvalue weighted by Gasteiger charge is 2.47. The van der Waals surface area contributed by atoms with Crippen molar-refractivity contribution in [1.82, 2.24) is 15.2 Å². The van der Waals surface area contributed by atoms with E-state index in [1.165, 1.54) is 30.6 Å². The lowest BCUT2D eigenvalue weighted by Crippen LogP contribution is -2.43. The van der Waals surface area contributed by atoms with Crippen molar-refractivity contribution >= 4 is 23.5 Å². The van der Waals surface area contributed by atoms with E-state index >= 15 is 0 Å². The van der Waals surface area contributed by atoms with Crippen LogP contribution >= 0.6 is 0 Å². The zero-order valence-electron chi connectivity index (χ0n) is 18.3. The van der Waals surface area contributed by atoms with Gasteiger partial charge in [0.2, 0.25) is 5.91 Å². The largest absolute Gasteiger partial charge is 0.573 e. The van der Waals surface area contributed by atoms with Crippen LogP contribution in [0.5, 0.6) is 5.75 Å². The predicted molar refractivity (Wildman–Crippen MR) is 114 cm³/mol. The van der Waals surface area contributed by atoms with Crippen LogP contribution < -0.4 is 10.1 Å². The first kappa shape index (κ1) is 25.6. The molecule has 0 bridgehead atoms. The number of nitrogens with zero attached hydrogens (tertiary/aromatic N) is 3. The second-order valence-corrected chi connectivity index (χ2v) is 7.77. The lowest BCUT2D eigenvalue weighted by molar-refractivity contribution is -0.274. The third-order valence-corrected chi connectivity index (χ3v) is 5.15. The number of halogens is 5. The van der Waals surface area contributed by atoms with Crippen LogP contribution in [0.15, 0.2) is 42.7 Å². The Balaban J connectivity index is 1.70. The Labute approximate surface area is 196 Å². The first-order valence-electron chi connectivity index (χ1n) is 10.2. The molecule has 1 atom stereocenters. The van der Waals surface area contributed by atoms with Gasteiger partial charge >= 0.3 is 6.36 Å². The molecule has 0 saturated carbocycles. The summed E-state index contributed by atoms with van der Waals surface area (Å²) >= 11 is 0. The number of carbonyl (C=O) groups excluding carboxylic acids is 2. The molecular formula is C23H19F5N4O3. The third-order valence-electron chi connectivity index (χ3n) is 5.15. The fourth-order valence-corrected chi connectivity index (χ4v) is 3.51. The van der Waals surface area contributed by atoms with Crippen LogP contribution in [-0.4, -0.2) is 53.1 Å². The number of carbonyl (C=O) groups is 2. The number of hydrogen-bond acceptors (Lipinski definition) is 5. The van der Waals surface area contributed by atoms with E-state index in [4.69, 9.17) is 5.26 Å². The van der Waals surface area contributed by atoms with Crippen molar-refractivity contribution < 1.29 is 36.3 Å². The van der Waals surface area contributed by atoms with E-state index in [0.717, 1.165) is 17.0 Å². The summed E-state index contributed by atoms with van der Waals surface area (Å²) in [5, 5.41) is 11.4. The number of pyridine rings is 1. The second-order valence-electron chi connectivity index (χ2n) is 7.77. The summed E-state index contributed by atoms with van der Waals surface area (Å²) in [7, 11) is 0. The van der Waals surface area contributed by atoms with Crippen LogP contribution in [-0.2, 0) is 4.79 Å². The minimum atomic E-state index is -4.81. The van der Waals surface area contributed by atoms with Crippen LogP contribution in [0.25, 0.3) is 11.6 Å². The molecule has 2 amide bonds. The molecule has 12 heteroatoms. The molecule has 35 heavy (non-hydrogen) atoms. The highest BCUT2D eigenvalue weighted by Crippen LogP contribution is 2.31. The van der Waals surface area contributed by atoms with E-state index in [-0.39, 0.29) is 11.3 Å². The topological polar surface area (TPSA) is 95.3 Å². The molecule has 2 aromatic rings. The molecular weight excluding hydrogens is 475 g/mol.